The molecule has 0 aliphatic heterocycles. The van der Waals surface area contributed by atoms with Gasteiger partial charge in [0.05, 0.1) is 0 Å². The molecule has 7 heteroatoms. The number of nitrogens with one attached hydrogen (secondary N) is 1. The molecule has 7 nitrogen and oxygen atoms in total. The number of amides is 1. The van der Waals surface area contributed by atoms with Crippen molar-refractivity contribution in [2.75, 3.05) is 11.9 Å². The summed E-state index contributed by atoms with van der Waals surface area (Å²) >= 11 is 0. The van der Waals surface area contributed by atoms with Crippen LogP contribution in [0.15, 0.2) is 27.1 Å². The number of ether oxygens (including phenoxy) is 1. The van der Waals surface area contributed by atoms with Crippen LogP contribution in [-0.2, 0) is 17.6 Å². The van der Waals surface area contributed by atoms with Crippen molar-refractivity contribution in [3.8, 4) is 5.75 Å². The number of aromatic nitrogens is 2. The van der Waals surface area contributed by atoms with Crippen LogP contribution in [0.1, 0.15) is 30.0 Å². The zero-order valence-electron chi connectivity index (χ0n) is 13.3. The van der Waals surface area contributed by atoms with Crippen molar-refractivity contribution in [2.45, 2.75) is 32.6 Å². The van der Waals surface area contributed by atoms with Crippen LogP contribution in [0.2, 0.25) is 0 Å². The van der Waals surface area contributed by atoms with Crippen molar-refractivity contribution in [1.82, 2.24) is 10.1 Å². The van der Waals surface area contributed by atoms with Crippen molar-refractivity contribution >= 4 is 22.9 Å². The highest BCUT2D eigenvalue weighted by Gasteiger charge is 2.18. The number of hydrogen-bond donors (Lipinski definition) is 1. The summed E-state index contributed by atoms with van der Waals surface area (Å²) in [4.78, 5) is 15.8. The SMILES string of the molecule is Cc1noc(NC(=O)COc2ccc3oc4c(c3c2)CCCC4)n1. The lowest BCUT2D eigenvalue weighted by molar-refractivity contribution is -0.118. The van der Waals surface area contributed by atoms with Crippen LogP contribution in [0.5, 0.6) is 5.75 Å². The van der Waals surface area contributed by atoms with Crippen LogP contribution in [0.3, 0.4) is 0 Å². The van der Waals surface area contributed by atoms with Gasteiger partial charge in [0.15, 0.2) is 12.4 Å². The van der Waals surface area contributed by atoms with Crippen molar-refractivity contribution < 1.29 is 18.5 Å². The predicted molar refractivity (Wildman–Crippen MR) is 86.0 cm³/mol. The number of carbonyl (C=O) groups excluding carboxylic acids is 1. The largest absolute Gasteiger partial charge is 0.484 e. The number of carbonyl (C=O) groups is 1. The van der Waals surface area contributed by atoms with Gasteiger partial charge in [-0.3, -0.25) is 10.1 Å². The van der Waals surface area contributed by atoms with Gasteiger partial charge in [0.1, 0.15) is 17.1 Å². The molecule has 0 spiro atoms. The summed E-state index contributed by atoms with van der Waals surface area (Å²) < 4.78 is 16.3. The van der Waals surface area contributed by atoms with Crippen molar-refractivity contribution in [3.05, 3.63) is 35.3 Å². The molecule has 24 heavy (non-hydrogen) atoms. The second-order valence-corrected chi connectivity index (χ2v) is 5.85. The Morgan fingerprint density at radius 3 is 3.04 bits per heavy atom. The number of aryl methyl sites for hydroxylation is 3. The Bertz CT molecular complexity index is 897. The van der Waals surface area contributed by atoms with E-state index in [1.807, 2.05) is 12.1 Å². The molecule has 2 aromatic heterocycles. The standard InChI is InChI=1S/C17H17N3O4/c1-10-18-17(24-20-10)19-16(21)9-22-11-6-7-15-13(8-11)12-4-2-3-5-14(12)23-15/h6-8H,2-5,9H2,1H3,(H,18,19,20,21). The maximum atomic E-state index is 11.9. The minimum Gasteiger partial charge on any atom is -0.484 e. The Balaban J connectivity index is 1.45. The summed E-state index contributed by atoms with van der Waals surface area (Å²) in [6.07, 6.45) is 4.37. The average molecular weight is 327 g/mol. The second kappa shape index (κ2) is 5.99. The number of benzene rings is 1. The molecule has 0 saturated carbocycles. The van der Waals surface area contributed by atoms with Crippen LogP contribution >= 0.6 is 0 Å². The summed E-state index contributed by atoms with van der Waals surface area (Å²) in [7, 11) is 0. The van der Waals surface area contributed by atoms with Gasteiger partial charge in [-0.25, -0.2) is 0 Å². The van der Waals surface area contributed by atoms with E-state index in [-0.39, 0.29) is 18.5 Å². The first-order valence-electron chi connectivity index (χ1n) is 7.96. The van der Waals surface area contributed by atoms with Gasteiger partial charge < -0.3 is 13.7 Å². The highest BCUT2D eigenvalue weighted by atomic mass is 16.5. The fourth-order valence-corrected chi connectivity index (χ4v) is 2.98. The number of hydrogen-bond acceptors (Lipinski definition) is 6. The van der Waals surface area contributed by atoms with Gasteiger partial charge >= 0.3 is 6.01 Å². The molecular formula is C17H17N3O4. The van der Waals surface area contributed by atoms with E-state index < -0.39 is 0 Å². The summed E-state index contributed by atoms with van der Waals surface area (Å²) in [6.45, 7) is 1.55. The lowest BCUT2D eigenvalue weighted by Gasteiger charge is -2.09. The van der Waals surface area contributed by atoms with Gasteiger partial charge in [-0.1, -0.05) is 5.16 Å². The van der Waals surface area contributed by atoms with E-state index in [1.54, 1.807) is 13.0 Å². The highest BCUT2D eigenvalue weighted by molar-refractivity contribution is 5.90. The minimum absolute atomic E-state index is 0.0699. The van der Waals surface area contributed by atoms with E-state index in [2.05, 4.69) is 15.5 Å². The van der Waals surface area contributed by atoms with Crippen LogP contribution in [0.25, 0.3) is 11.0 Å². The second-order valence-electron chi connectivity index (χ2n) is 5.85. The third-order valence-corrected chi connectivity index (χ3v) is 4.07. The zero-order chi connectivity index (χ0) is 16.5. The van der Waals surface area contributed by atoms with E-state index in [9.17, 15) is 4.79 Å². The summed E-state index contributed by atoms with van der Waals surface area (Å²) in [5.41, 5.74) is 2.15. The van der Waals surface area contributed by atoms with Gasteiger partial charge in [-0.05, 0) is 44.4 Å². The van der Waals surface area contributed by atoms with Crippen LogP contribution < -0.4 is 10.1 Å². The topological polar surface area (TPSA) is 90.4 Å². The maximum Gasteiger partial charge on any atom is 0.328 e. The lowest BCUT2D eigenvalue weighted by Crippen LogP contribution is -2.20. The Morgan fingerprint density at radius 2 is 2.21 bits per heavy atom. The van der Waals surface area contributed by atoms with E-state index in [0.717, 1.165) is 29.6 Å². The Kier molecular flexibility index (Phi) is 3.68. The first-order chi connectivity index (χ1) is 11.7. The molecule has 0 unspecified atom stereocenters. The smallest absolute Gasteiger partial charge is 0.328 e. The molecule has 1 N–H and O–H groups in total. The summed E-state index contributed by atoms with van der Waals surface area (Å²) in [6, 6.07) is 5.71. The monoisotopic (exact) mass is 327 g/mol. The van der Waals surface area contributed by atoms with Gasteiger partial charge in [-0.15, -0.1) is 0 Å². The van der Waals surface area contributed by atoms with Crippen LogP contribution in [0.4, 0.5) is 6.01 Å². The van der Waals surface area contributed by atoms with Crippen LogP contribution in [0, 0.1) is 6.92 Å². The first kappa shape index (κ1) is 14.7. The van der Waals surface area contributed by atoms with Crippen molar-refractivity contribution in [3.63, 3.8) is 0 Å². The fraction of sp³-hybridized carbons (Fsp3) is 0.353. The number of nitrogens with zero attached hydrogens (tertiary/aromatic N) is 2. The Morgan fingerprint density at radius 1 is 1.33 bits per heavy atom. The molecule has 0 bridgehead atoms. The molecule has 1 aromatic carbocycles. The van der Waals surface area contributed by atoms with E-state index >= 15 is 0 Å². The van der Waals surface area contributed by atoms with E-state index in [0.29, 0.717) is 11.6 Å². The number of anilines is 1. The molecule has 0 radical (unpaired) electrons. The number of rotatable bonds is 4. The molecular weight excluding hydrogens is 310 g/mol. The Labute approximate surface area is 138 Å². The third kappa shape index (κ3) is 2.84. The predicted octanol–water partition coefficient (Wildman–Crippen LogP) is 3.02. The number of fused-ring (bicyclic) bond motifs is 3. The summed E-state index contributed by atoms with van der Waals surface area (Å²) in [5.74, 6) is 1.82. The molecule has 4 rings (SSSR count). The molecule has 1 aliphatic carbocycles. The molecule has 3 aromatic rings. The van der Waals surface area contributed by atoms with Gasteiger partial charge in [-0.2, -0.15) is 4.98 Å². The Hall–Kier alpha value is -2.83. The van der Waals surface area contributed by atoms with Gasteiger partial charge in [0, 0.05) is 17.4 Å². The van der Waals surface area contributed by atoms with Crippen LogP contribution in [-0.4, -0.2) is 22.7 Å². The molecule has 1 amide bonds. The molecule has 0 saturated heterocycles. The zero-order valence-corrected chi connectivity index (χ0v) is 13.3. The normalized spacial score (nSPS) is 13.7. The van der Waals surface area contributed by atoms with Crippen molar-refractivity contribution in [2.24, 2.45) is 0 Å². The average Bonchev–Trinajstić information content (AvgIpc) is 3.16. The van der Waals surface area contributed by atoms with E-state index in [1.165, 1.54) is 18.4 Å². The van der Waals surface area contributed by atoms with Crippen molar-refractivity contribution in [1.29, 1.82) is 0 Å². The summed E-state index contributed by atoms with van der Waals surface area (Å²) in [5, 5.41) is 7.18. The minimum atomic E-state index is -0.354. The van der Waals surface area contributed by atoms with Gasteiger partial charge in [0.2, 0.25) is 0 Å². The third-order valence-electron chi connectivity index (χ3n) is 4.07. The lowest BCUT2D eigenvalue weighted by atomic mass is 9.96. The molecule has 1 aliphatic rings. The molecule has 0 atom stereocenters. The molecule has 0 fully saturated rings. The molecule has 2 heterocycles. The van der Waals surface area contributed by atoms with E-state index in [4.69, 9.17) is 13.7 Å². The highest BCUT2D eigenvalue weighted by Crippen LogP contribution is 2.33. The first-order valence-corrected chi connectivity index (χ1v) is 7.96. The maximum absolute atomic E-state index is 11.9. The number of furan rings is 1. The quantitative estimate of drug-likeness (QED) is 0.792. The van der Waals surface area contributed by atoms with Gasteiger partial charge in [0.25, 0.3) is 5.91 Å². The fourth-order valence-electron chi connectivity index (χ4n) is 2.98. The molecule has 124 valence electrons.